The van der Waals surface area contributed by atoms with Crippen LogP contribution in [0.2, 0.25) is 0 Å². The van der Waals surface area contributed by atoms with Crippen LogP contribution in [0.1, 0.15) is 12.5 Å². The smallest absolute Gasteiger partial charge is 0.336 e. The molecule has 0 saturated heterocycles. The van der Waals surface area contributed by atoms with Crippen LogP contribution in [-0.2, 0) is 14.8 Å². The van der Waals surface area contributed by atoms with E-state index in [4.69, 9.17) is 9.52 Å². The highest BCUT2D eigenvalue weighted by molar-refractivity contribution is 7.89. The van der Waals surface area contributed by atoms with Crippen molar-refractivity contribution in [3.05, 3.63) is 29.6 Å². The number of carboxylic acids is 1. The Morgan fingerprint density at radius 1 is 1.45 bits per heavy atom. The van der Waals surface area contributed by atoms with E-state index >= 15 is 0 Å². The van der Waals surface area contributed by atoms with Crippen molar-refractivity contribution < 1.29 is 32.2 Å². The minimum atomic E-state index is -4.19. The molecule has 0 saturated carbocycles. The maximum absolute atomic E-state index is 13.2. The third-order valence-corrected chi connectivity index (χ3v) is 4.57. The summed E-state index contributed by atoms with van der Waals surface area (Å²) in [7, 11) is -4.19. The van der Waals surface area contributed by atoms with Crippen LogP contribution >= 0.6 is 0 Å². The lowest BCUT2D eigenvalue weighted by Gasteiger charge is -2.17. The zero-order chi connectivity index (χ0) is 16.7. The van der Waals surface area contributed by atoms with E-state index in [1.807, 2.05) is 4.72 Å². The molecule has 0 aliphatic heterocycles. The predicted octanol–water partition coefficient (Wildman–Crippen LogP) is 0.994. The standard InChI is InChI=1S/C13H14FNO6S/c1-7-9-5-8(14)3-4-10(9)21-11(7)22(19,20)15-6-13(2,18)12(16)17/h3-5,15,18H,6H2,1-2H3,(H,16,17). The summed E-state index contributed by atoms with van der Waals surface area (Å²) in [4.78, 5) is 10.8. The fourth-order valence-electron chi connectivity index (χ4n) is 1.80. The first-order chi connectivity index (χ1) is 10.0. The molecular formula is C13H14FNO6S. The van der Waals surface area contributed by atoms with E-state index in [9.17, 15) is 22.7 Å². The minimum absolute atomic E-state index is 0.185. The van der Waals surface area contributed by atoms with Crippen molar-refractivity contribution in [3.63, 3.8) is 0 Å². The third-order valence-electron chi connectivity index (χ3n) is 3.17. The molecule has 0 radical (unpaired) electrons. The van der Waals surface area contributed by atoms with Gasteiger partial charge < -0.3 is 14.6 Å². The molecule has 1 atom stereocenters. The average Bonchev–Trinajstić information content (AvgIpc) is 2.75. The van der Waals surface area contributed by atoms with Gasteiger partial charge in [0.1, 0.15) is 11.4 Å². The first-order valence-corrected chi connectivity index (χ1v) is 7.67. The lowest BCUT2D eigenvalue weighted by molar-refractivity contribution is -0.155. The topological polar surface area (TPSA) is 117 Å². The second kappa shape index (κ2) is 5.34. The number of nitrogens with one attached hydrogen (secondary N) is 1. The molecule has 0 fully saturated rings. The number of sulfonamides is 1. The molecule has 22 heavy (non-hydrogen) atoms. The zero-order valence-electron chi connectivity index (χ0n) is 11.8. The van der Waals surface area contributed by atoms with Gasteiger partial charge in [-0.3, -0.25) is 0 Å². The van der Waals surface area contributed by atoms with E-state index in [-0.39, 0.29) is 11.1 Å². The number of benzene rings is 1. The number of hydrogen-bond acceptors (Lipinski definition) is 5. The zero-order valence-corrected chi connectivity index (χ0v) is 12.6. The monoisotopic (exact) mass is 331 g/mol. The van der Waals surface area contributed by atoms with Crippen molar-refractivity contribution in [3.8, 4) is 0 Å². The normalized spacial score (nSPS) is 14.9. The van der Waals surface area contributed by atoms with Gasteiger partial charge in [-0.25, -0.2) is 22.3 Å². The highest BCUT2D eigenvalue weighted by Crippen LogP contribution is 2.29. The Bertz CT molecular complexity index is 840. The Kier molecular flexibility index (Phi) is 3.98. The molecule has 1 unspecified atom stereocenters. The number of carboxylic acid groups (broad SMARTS) is 1. The van der Waals surface area contributed by atoms with Crippen LogP contribution in [0.3, 0.4) is 0 Å². The second-order valence-electron chi connectivity index (χ2n) is 5.06. The molecule has 3 N–H and O–H groups in total. The number of aliphatic carboxylic acids is 1. The van der Waals surface area contributed by atoms with Crippen molar-refractivity contribution in [2.45, 2.75) is 24.5 Å². The fourth-order valence-corrected chi connectivity index (χ4v) is 3.12. The summed E-state index contributed by atoms with van der Waals surface area (Å²) in [6.45, 7) is 1.66. The molecule has 7 nitrogen and oxygen atoms in total. The van der Waals surface area contributed by atoms with Gasteiger partial charge in [-0.2, -0.15) is 0 Å². The molecule has 2 rings (SSSR count). The van der Waals surface area contributed by atoms with E-state index in [0.29, 0.717) is 5.39 Å². The van der Waals surface area contributed by atoms with E-state index < -0.39 is 39.0 Å². The Balaban J connectivity index is 2.38. The molecule has 0 amide bonds. The summed E-state index contributed by atoms with van der Waals surface area (Å²) in [5, 5.41) is 18.1. The van der Waals surface area contributed by atoms with E-state index in [1.54, 1.807) is 0 Å². The maximum Gasteiger partial charge on any atom is 0.336 e. The Hall–Kier alpha value is -1.97. The van der Waals surface area contributed by atoms with E-state index in [2.05, 4.69) is 0 Å². The third kappa shape index (κ3) is 2.96. The molecule has 0 spiro atoms. The molecule has 120 valence electrons. The van der Waals surface area contributed by atoms with Crippen molar-refractivity contribution in [1.29, 1.82) is 0 Å². The quantitative estimate of drug-likeness (QED) is 0.752. The van der Waals surface area contributed by atoms with Crippen LogP contribution in [0.4, 0.5) is 4.39 Å². The van der Waals surface area contributed by atoms with Crippen LogP contribution in [-0.4, -0.2) is 36.7 Å². The fraction of sp³-hybridized carbons (Fsp3) is 0.308. The van der Waals surface area contributed by atoms with Crippen LogP contribution in [0.15, 0.2) is 27.7 Å². The number of aryl methyl sites for hydroxylation is 1. The maximum atomic E-state index is 13.2. The molecule has 1 heterocycles. The van der Waals surface area contributed by atoms with Gasteiger partial charge >= 0.3 is 5.97 Å². The SMILES string of the molecule is Cc1c(S(=O)(=O)NCC(C)(O)C(=O)O)oc2ccc(F)cc12. The second-order valence-corrected chi connectivity index (χ2v) is 6.72. The molecule has 0 aliphatic rings. The Morgan fingerprint density at radius 3 is 2.68 bits per heavy atom. The van der Waals surface area contributed by atoms with Crippen molar-refractivity contribution in [2.24, 2.45) is 0 Å². The number of aliphatic hydroxyl groups is 1. The number of fused-ring (bicyclic) bond motifs is 1. The number of halogens is 1. The van der Waals surface area contributed by atoms with Crippen LogP contribution in [0.25, 0.3) is 11.0 Å². The van der Waals surface area contributed by atoms with Gasteiger partial charge in [0.2, 0.25) is 5.09 Å². The van der Waals surface area contributed by atoms with Gasteiger partial charge in [0.25, 0.3) is 10.0 Å². The van der Waals surface area contributed by atoms with Gasteiger partial charge in [-0.15, -0.1) is 0 Å². The van der Waals surface area contributed by atoms with E-state index in [1.165, 1.54) is 13.0 Å². The van der Waals surface area contributed by atoms with Crippen LogP contribution in [0.5, 0.6) is 0 Å². The molecule has 1 aromatic carbocycles. The van der Waals surface area contributed by atoms with Gasteiger partial charge in [0, 0.05) is 10.9 Å². The average molecular weight is 331 g/mol. The predicted molar refractivity (Wildman–Crippen MR) is 74.4 cm³/mol. The van der Waals surface area contributed by atoms with Gasteiger partial charge in [0.05, 0.1) is 6.54 Å². The number of carbonyl (C=O) groups is 1. The van der Waals surface area contributed by atoms with Crippen LogP contribution < -0.4 is 4.72 Å². The largest absolute Gasteiger partial charge is 0.479 e. The van der Waals surface area contributed by atoms with Gasteiger partial charge in [0.15, 0.2) is 5.60 Å². The highest BCUT2D eigenvalue weighted by atomic mass is 32.2. The molecule has 2 aromatic rings. The van der Waals surface area contributed by atoms with Crippen molar-refractivity contribution in [2.75, 3.05) is 6.54 Å². The number of rotatable bonds is 5. The van der Waals surface area contributed by atoms with Crippen molar-refractivity contribution >= 4 is 27.0 Å². The van der Waals surface area contributed by atoms with E-state index in [0.717, 1.165) is 19.1 Å². The summed E-state index contributed by atoms with van der Waals surface area (Å²) in [6, 6.07) is 3.56. The molecule has 0 aliphatic carbocycles. The molecule has 9 heteroatoms. The molecule has 1 aromatic heterocycles. The first-order valence-electron chi connectivity index (χ1n) is 6.19. The molecular weight excluding hydrogens is 317 g/mol. The van der Waals surface area contributed by atoms with Gasteiger partial charge in [-0.05, 0) is 32.0 Å². The molecule has 0 bridgehead atoms. The first kappa shape index (κ1) is 16.4. The summed E-state index contributed by atoms with van der Waals surface area (Å²) >= 11 is 0. The Labute approximate surface area is 125 Å². The summed E-state index contributed by atoms with van der Waals surface area (Å²) in [6.07, 6.45) is 0. The van der Waals surface area contributed by atoms with Gasteiger partial charge in [-0.1, -0.05) is 0 Å². The number of hydrogen-bond donors (Lipinski definition) is 3. The summed E-state index contributed by atoms with van der Waals surface area (Å²) < 4.78 is 44.7. The van der Waals surface area contributed by atoms with Crippen molar-refractivity contribution in [1.82, 2.24) is 4.72 Å². The lowest BCUT2D eigenvalue weighted by atomic mass is 10.1. The summed E-state index contributed by atoms with van der Waals surface area (Å²) in [5.74, 6) is -2.11. The summed E-state index contributed by atoms with van der Waals surface area (Å²) in [5.41, 5.74) is -1.89. The lowest BCUT2D eigenvalue weighted by Crippen LogP contribution is -2.46. The highest BCUT2D eigenvalue weighted by Gasteiger charge is 2.33. The number of furan rings is 1. The minimum Gasteiger partial charge on any atom is -0.479 e. The Morgan fingerprint density at radius 2 is 2.09 bits per heavy atom. The van der Waals surface area contributed by atoms with Crippen LogP contribution in [0, 0.1) is 12.7 Å².